The minimum Gasteiger partial charge on any atom is -0.381 e. The van der Waals surface area contributed by atoms with Gasteiger partial charge in [0.05, 0.1) is 17.4 Å². The number of rotatable bonds is 3. The van der Waals surface area contributed by atoms with Crippen LogP contribution in [-0.2, 0) is 11.8 Å². The SMILES string of the molecule is Cn1c(=O)cc(NC2CCOCC2)c2nc(-n3ccnc3)ncc21. The molecule has 24 heavy (non-hydrogen) atoms. The summed E-state index contributed by atoms with van der Waals surface area (Å²) in [6, 6.07) is 1.88. The molecular weight excluding hydrogens is 308 g/mol. The Morgan fingerprint density at radius 1 is 1.33 bits per heavy atom. The van der Waals surface area contributed by atoms with Crippen LogP contribution >= 0.6 is 0 Å². The Balaban J connectivity index is 1.82. The van der Waals surface area contributed by atoms with E-state index in [9.17, 15) is 4.79 Å². The predicted molar refractivity (Wildman–Crippen MR) is 89.4 cm³/mol. The number of hydrogen-bond donors (Lipinski definition) is 1. The van der Waals surface area contributed by atoms with Gasteiger partial charge in [0.25, 0.3) is 5.56 Å². The lowest BCUT2D eigenvalue weighted by molar-refractivity contribution is 0.0905. The first-order valence-electron chi connectivity index (χ1n) is 7.92. The molecule has 1 fully saturated rings. The maximum Gasteiger partial charge on any atom is 0.252 e. The lowest BCUT2D eigenvalue weighted by Crippen LogP contribution is -2.29. The van der Waals surface area contributed by atoms with Gasteiger partial charge in [-0.15, -0.1) is 0 Å². The number of nitrogens with zero attached hydrogens (tertiary/aromatic N) is 5. The van der Waals surface area contributed by atoms with E-state index < -0.39 is 0 Å². The maximum absolute atomic E-state index is 12.2. The largest absolute Gasteiger partial charge is 0.381 e. The topological polar surface area (TPSA) is 86.9 Å². The molecule has 0 bridgehead atoms. The highest BCUT2D eigenvalue weighted by molar-refractivity contribution is 5.87. The van der Waals surface area contributed by atoms with Crippen molar-refractivity contribution in [1.29, 1.82) is 0 Å². The fourth-order valence-corrected chi connectivity index (χ4v) is 2.89. The van der Waals surface area contributed by atoms with Crippen LogP contribution in [0.3, 0.4) is 0 Å². The average molecular weight is 326 g/mol. The summed E-state index contributed by atoms with van der Waals surface area (Å²) in [4.78, 5) is 25.2. The highest BCUT2D eigenvalue weighted by atomic mass is 16.5. The van der Waals surface area contributed by atoms with Crippen molar-refractivity contribution in [3.63, 3.8) is 0 Å². The summed E-state index contributed by atoms with van der Waals surface area (Å²) in [6.45, 7) is 1.46. The second-order valence-electron chi connectivity index (χ2n) is 5.86. The molecule has 0 unspecified atom stereocenters. The van der Waals surface area contributed by atoms with Crippen LogP contribution in [0.15, 0.2) is 35.8 Å². The number of imidazole rings is 1. The van der Waals surface area contributed by atoms with Crippen molar-refractivity contribution in [2.24, 2.45) is 7.05 Å². The number of nitrogens with one attached hydrogen (secondary N) is 1. The molecule has 1 aliphatic heterocycles. The predicted octanol–water partition coefficient (Wildman–Crippen LogP) is 1.11. The van der Waals surface area contributed by atoms with Gasteiger partial charge in [-0.2, -0.15) is 0 Å². The molecule has 0 radical (unpaired) electrons. The van der Waals surface area contributed by atoms with Gasteiger partial charge in [-0.05, 0) is 12.8 Å². The normalized spacial score (nSPS) is 15.7. The van der Waals surface area contributed by atoms with E-state index in [1.165, 1.54) is 0 Å². The van der Waals surface area contributed by atoms with Gasteiger partial charge in [-0.3, -0.25) is 9.36 Å². The summed E-state index contributed by atoms with van der Waals surface area (Å²) in [7, 11) is 1.73. The Morgan fingerprint density at radius 3 is 2.92 bits per heavy atom. The van der Waals surface area contributed by atoms with E-state index in [0.717, 1.165) is 37.3 Å². The molecule has 8 heteroatoms. The summed E-state index contributed by atoms with van der Waals surface area (Å²) >= 11 is 0. The van der Waals surface area contributed by atoms with Crippen molar-refractivity contribution in [3.8, 4) is 5.95 Å². The summed E-state index contributed by atoms with van der Waals surface area (Å²) < 4.78 is 8.69. The first kappa shape index (κ1) is 14.8. The zero-order chi connectivity index (χ0) is 16.5. The van der Waals surface area contributed by atoms with Crippen LogP contribution < -0.4 is 10.9 Å². The molecule has 3 aromatic rings. The Labute approximate surface area is 138 Å². The van der Waals surface area contributed by atoms with Crippen molar-refractivity contribution in [2.75, 3.05) is 18.5 Å². The van der Waals surface area contributed by atoms with Crippen LogP contribution in [-0.4, -0.2) is 43.3 Å². The quantitative estimate of drug-likeness (QED) is 0.776. The monoisotopic (exact) mass is 326 g/mol. The van der Waals surface area contributed by atoms with Gasteiger partial charge < -0.3 is 14.6 Å². The molecular formula is C16H18N6O2. The lowest BCUT2D eigenvalue weighted by Gasteiger charge is -2.24. The van der Waals surface area contributed by atoms with Gasteiger partial charge in [-0.1, -0.05) is 0 Å². The summed E-state index contributed by atoms with van der Waals surface area (Å²) in [5, 5.41) is 3.46. The molecule has 0 aromatic carbocycles. The van der Waals surface area contributed by atoms with E-state index >= 15 is 0 Å². The van der Waals surface area contributed by atoms with Gasteiger partial charge in [0, 0.05) is 44.8 Å². The van der Waals surface area contributed by atoms with Crippen LogP contribution in [0.25, 0.3) is 17.0 Å². The van der Waals surface area contributed by atoms with Crippen molar-refractivity contribution in [3.05, 3.63) is 41.3 Å². The lowest BCUT2D eigenvalue weighted by atomic mass is 10.1. The summed E-state index contributed by atoms with van der Waals surface area (Å²) in [5.41, 5.74) is 2.07. The number of aryl methyl sites for hydroxylation is 1. The molecule has 1 aliphatic rings. The molecule has 1 N–H and O–H groups in total. The van der Waals surface area contributed by atoms with Crippen LogP contribution in [0.5, 0.6) is 0 Å². The van der Waals surface area contributed by atoms with Crippen molar-refractivity contribution in [1.82, 2.24) is 24.1 Å². The van der Waals surface area contributed by atoms with Gasteiger partial charge in [0.15, 0.2) is 0 Å². The molecule has 4 heterocycles. The third kappa shape index (κ3) is 2.65. The van der Waals surface area contributed by atoms with Crippen molar-refractivity contribution < 1.29 is 4.74 Å². The van der Waals surface area contributed by atoms with Gasteiger partial charge >= 0.3 is 0 Å². The highest BCUT2D eigenvalue weighted by Gasteiger charge is 2.17. The van der Waals surface area contributed by atoms with Crippen LogP contribution in [0.4, 0.5) is 5.69 Å². The Kier molecular flexibility index (Phi) is 3.73. The van der Waals surface area contributed by atoms with E-state index in [1.807, 2.05) is 0 Å². The first-order chi connectivity index (χ1) is 11.7. The molecule has 3 aromatic heterocycles. The molecule has 0 atom stereocenters. The summed E-state index contributed by atoms with van der Waals surface area (Å²) in [6.07, 6.45) is 8.61. The minimum atomic E-state index is -0.0870. The average Bonchev–Trinajstić information content (AvgIpc) is 3.14. The van der Waals surface area contributed by atoms with Crippen LogP contribution in [0.1, 0.15) is 12.8 Å². The number of aromatic nitrogens is 5. The molecule has 0 spiro atoms. The van der Waals surface area contributed by atoms with Gasteiger partial charge in [-0.25, -0.2) is 15.0 Å². The van der Waals surface area contributed by atoms with E-state index in [0.29, 0.717) is 11.5 Å². The minimum absolute atomic E-state index is 0.0870. The Bertz CT molecular complexity index is 912. The van der Waals surface area contributed by atoms with Gasteiger partial charge in [0.2, 0.25) is 5.95 Å². The smallest absolute Gasteiger partial charge is 0.252 e. The van der Waals surface area contributed by atoms with Crippen LogP contribution in [0.2, 0.25) is 0 Å². The van der Waals surface area contributed by atoms with Crippen molar-refractivity contribution >= 4 is 16.7 Å². The molecule has 0 amide bonds. The third-order valence-corrected chi connectivity index (χ3v) is 4.29. The molecule has 124 valence electrons. The molecule has 0 aliphatic carbocycles. The number of pyridine rings is 1. The fourth-order valence-electron chi connectivity index (χ4n) is 2.89. The number of hydrogen-bond acceptors (Lipinski definition) is 6. The van der Waals surface area contributed by atoms with E-state index in [-0.39, 0.29) is 11.6 Å². The highest BCUT2D eigenvalue weighted by Crippen LogP contribution is 2.22. The van der Waals surface area contributed by atoms with Gasteiger partial charge in [0.1, 0.15) is 11.8 Å². The second kappa shape index (κ2) is 6.04. The van der Waals surface area contributed by atoms with E-state index in [2.05, 4.69) is 20.3 Å². The second-order valence-corrected chi connectivity index (χ2v) is 5.86. The van der Waals surface area contributed by atoms with Crippen molar-refractivity contribution in [2.45, 2.75) is 18.9 Å². The molecule has 8 nitrogen and oxygen atoms in total. The van der Waals surface area contributed by atoms with E-state index in [4.69, 9.17) is 4.74 Å². The fraction of sp³-hybridized carbons (Fsp3) is 0.375. The molecule has 0 saturated carbocycles. The third-order valence-electron chi connectivity index (χ3n) is 4.29. The first-order valence-corrected chi connectivity index (χ1v) is 7.92. The summed E-state index contributed by atoms with van der Waals surface area (Å²) in [5.74, 6) is 0.522. The zero-order valence-corrected chi connectivity index (χ0v) is 13.3. The number of ether oxygens (including phenoxy) is 1. The Morgan fingerprint density at radius 2 is 2.17 bits per heavy atom. The zero-order valence-electron chi connectivity index (χ0n) is 13.3. The maximum atomic E-state index is 12.2. The standard InChI is InChI=1S/C16H18N6O2/c1-21-13-9-18-16(22-5-4-17-10-22)20-15(13)12(8-14(21)23)19-11-2-6-24-7-3-11/h4-5,8-11,19H,2-3,6-7H2,1H3. The van der Waals surface area contributed by atoms with Crippen LogP contribution in [0, 0.1) is 0 Å². The molecule has 1 saturated heterocycles. The van der Waals surface area contributed by atoms with E-state index in [1.54, 1.807) is 47.2 Å². The molecule has 4 rings (SSSR count). The Hall–Kier alpha value is -2.74. The number of anilines is 1. The number of fused-ring (bicyclic) bond motifs is 1.